The van der Waals surface area contributed by atoms with Gasteiger partial charge in [-0.1, -0.05) is 55.4 Å². The molecule has 0 heterocycles. The van der Waals surface area contributed by atoms with Crippen LogP contribution in [0.3, 0.4) is 0 Å². The van der Waals surface area contributed by atoms with E-state index in [1.165, 1.54) is 7.11 Å². The predicted molar refractivity (Wildman–Crippen MR) is 83.9 cm³/mol. The third-order valence-corrected chi connectivity index (χ3v) is 3.82. The zero-order chi connectivity index (χ0) is 17.2. The summed E-state index contributed by atoms with van der Waals surface area (Å²) in [6.45, 7) is 15.8. The molecule has 0 saturated heterocycles. The molecule has 0 aliphatic carbocycles. The van der Waals surface area contributed by atoms with Gasteiger partial charge in [-0.3, -0.25) is 9.59 Å². The number of rotatable bonds is 5. The van der Waals surface area contributed by atoms with Crippen LogP contribution in [0.4, 0.5) is 0 Å². The van der Waals surface area contributed by atoms with Crippen LogP contribution >= 0.6 is 0 Å². The number of hydrogen-bond donors (Lipinski definition) is 1. The average molecular weight is 300 g/mol. The zero-order valence-corrected chi connectivity index (χ0v) is 15.0. The highest BCUT2D eigenvalue weighted by Crippen LogP contribution is 2.47. The van der Waals surface area contributed by atoms with Gasteiger partial charge in [-0.15, -0.1) is 0 Å². The Hall–Kier alpha value is -1.06. The molecule has 0 amide bonds. The topological polar surface area (TPSA) is 63.6 Å². The van der Waals surface area contributed by atoms with Gasteiger partial charge in [-0.25, -0.2) is 0 Å². The first-order valence-corrected chi connectivity index (χ1v) is 7.44. The lowest BCUT2D eigenvalue weighted by Crippen LogP contribution is -2.47. The minimum Gasteiger partial charge on any atom is -0.481 e. The van der Waals surface area contributed by atoms with Gasteiger partial charge >= 0.3 is 11.9 Å². The maximum Gasteiger partial charge on any atom is 0.310 e. The molecule has 2 atom stereocenters. The van der Waals surface area contributed by atoms with Gasteiger partial charge < -0.3 is 9.84 Å². The first kappa shape index (κ1) is 19.9. The number of carbonyl (C=O) groups excluding carboxylic acids is 1. The first-order valence-electron chi connectivity index (χ1n) is 7.44. The molecule has 2 unspecified atom stereocenters. The van der Waals surface area contributed by atoms with Crippen molar-refractivity contribution in [3.63, 3.8) is 0 Å². The minimum absolute atomic E-state index is 0.0181. The molecule has 0 radical (unpaired) electrons. The Kier molecular flexibility index (Phi) is 6.05. The van der Waals surface area contributed by atoms with Crippen LogP contribution < -0.4 is 0 Å². The van der Waals surface area contributed by atoms with Gasteiger partial charge in [-0.05, 0) is 22.7 Å². The fourth-order valence-corrected chi connectivity index (χ4v) is 3.52. The Morgan fingerprint density at radius 2 is 1.38 bits per heavy atom. The summed E-state index contributed by atoms with van der Waals surface area (Å²) in [5.74, 6) is -2.85. The molecule has 1 N–H and O–H groups in total. The highest BCUT2D eigenvalue weighted by atomic mass is 16.5. The van der Waals surface area contributed by atoms with E-state index in [0.29, 0.717) is 6.42 Å². The molecule has 0 aromatic heterocycles. The molecule has 0 bridgehead atoms. The molecule has 21 heavy (non-hydrogen) atoms. The summed E-state index contributed by atoms with van der Waals surface area (Å²) in [4.78, 5) is 24.2. The number of hydrogen-bond acceptors (Lipinski definition) is 3. The standard InChI is InChI=1S/C17H32O4/c1-15(2,3)10-17(7,8)11(13(18)19)12(14(20)21-9)16(4,5)6/h11-12H,10H2,1-9H3,(H,18,19). The summed E-state index contributed by atoms with van der Waals surface area (Å²) in [5, 5.41) is 9.78. The number of carboxylic acids is 1. The smallest absolute Gasteiger partial charge is 0.310 e. The summed E-state index contributed by atoms with van der Waals surface area (Å²) in [5.41, 5.74) is -1.02. The van der Waals surface area contributed by atoms with Crippen molar-refractivity contribution < 1.29 is 19.4 Å². The molecule has 0 aromatic rings. The van der Waals surface area contributed by atoms with Crippen LogP contribution in [0.5, 0.6) is 0 Å². The molecule has 4 heteroatoms. The van der Waals surface area contributed by atoms with Crippen molar-refractivity contribution in [3.05, 3.63) is 0 Å². The maximum atomic E-state index is 12.2. The molecular weight excluding hydrogens is 268 g/mol. The largest absolute Gasteiger partial charge is 0.481 e. The number of methoxy groups -OCH3 is 1. The maximum absolute atomic E-state index is 12.2. The van der Waals surface area contributed by atoms with Crippen molar-refractivity contribution in [1.29, 1.82) is 0 Å². The second-order valence-corrected chi connectivity index (χ2v) is 8.91. The number of carbonyl (C=O) groups is 2. The molecule has 0 spiro atoms. The normalized spacial score (nSPS) is 16.2. The first-order chi connectivity index (χ1) is 9.13. The predicted octanol–water partition coefficient (Wildman–Crippen LogP) is 3.98. The summed E-state index contributed by atoms with van der Waals surface area (Å²) in [6, 6.07) is 0. The van der Waals surface area contributed by atoms with Crippen molar-refractivity contribution in [2.75, 3.05) is 7.11 Å². The summed E-state index contributed by atoms with van der Waals surface area (Å²) < 4.78 is 4.89. The summed E-state index contributed by atoms with van der Waals surface area (Å²) >= 11 is 0. The molecule has 0 aromatic carbocycles. The van der Waals surface area contributed by atoms with Crippen LogP contribution in [0.2, 0.25) is 0 Å². The van der Waals surface area contributed by atoms with Gasteiger partial charge in [0.15, 0.2) is 0 Å². The van der Waals surface area contributed by atoms with Gasteiger partial charge in [0.05, 0.1) is 18.9 Å². The van der Waals surface area contributed by atoms with Crippen LogP contribution in [0.15, 0.2) is 0 Å². The third-order valence-electron chi connectivity index (χ3n) is 3.82. The van der Waals surface area contributed by atoms with Crippen LogP contribution in [-0.4, -0.2) is 24.2 Å². The lowest BCUT2D eigenvalue weighted by Gasteiger charge is -2.43. The Morgan fingerprint density at radius 3 is 1.62 bits per heavy atom. The molecule has 0 fully saturated rings. The lowest BCUT2D eigenvalue weighted by molar-refractivity contribution is -0.167. The van der Waals surface area contributed by atoms with E-state index in [2.05, 4.69) is 20.8 Å². The molecule has 0 aliphatic rings. The number of aliphatic carboxylic acids is 1. The van der Waals surface area contributed by atoms with E-state index >= 15 is 0 Å². The van der Waals surface area contributed by atoms with Crippen molar-refractivity contribution >= 4 is 11.9 Å². The second kappa shape index (κ2) is 6.37. The van der Waals surface area contributed by atoms with Gasteiger partial charge in [0.2, 0.25) is 0 Å². The van der Waals surface area contributed by atoms with Gasteiger partial charge in [0.25, 0.3) is 0 Å². The highest BCUT2D eigenvalue weighted by Gasteiger charge is 2.50. The number of carboxylic acid groups (broad SMARTS) is 1. The van der Waals surface area contributed by atoms with Crippen LogP contribution in [0.25, 0.3) is 0 Å². The van der Waals surface area contributed by atoms with Crippen LogP contribution in [0, 0.1) is 28.1 Å². The zero-order valence-electron chi connectivity index (χ0n) is 15.0. The molecule has 4 nitrogen and oxygen atoms in total. The van der Waals surface area contributed by atoms with E-state index < -0.39 is 34.6 Å². The van der Waals surface area contributed by atoms with E-state index in [9.17, 15) is 14.7 Å². The number of ether oxygens (including phenoxy) is 1. The van der Waals surface area contributed by atoms with Gasteiger partial charge in [0.1, 0.15) is 0 Å². The molecule has 124 valence electrons. The van der Waals surface area contributed by atoms with E-state index in [-0.39, 0.29) is 5.41 Å². The average Bonchev–Trinajstić information content (AvgIpc) is 2.18. The van der Waals surface area contributed by atoms with Crippen LogP contribution in [-0.2, 0) is 14.3 Å². The summed E-state index contributed by atoms with van der Waals surface area (Å²) in [6.07, 6.45) is 0.709. The molecule has 0 aliphatic heterocycles. The number of esters is 1. The lowest BCUT2D eigenvalue weighted by atomic mass is 9.60. The molecular formula is C17H32O4. The van der Waals surface area contributed by atoms with E-state index in [1.54, 1.807) is 0 Å². The van der Waals surface area contributed by atoms with E-state index in [1.807, 2.05) is 34.6 Å². The van der Waals surface area contributed by atoms with Gasteiger partial charge in [-0.2, -0.15) is 0 Å². The van der Waals surface area contributed by atoms with Crippen molar-refractivity contribution in [3.8, 4) is 0 Å². The molecule has 0 saturated carbocycles. The Bertz CT molecular complexity index is 383. The Balaban J connectivity index is 5.84. The quantitative estimate of drug-likeness (QED) is 0.780. The monoisotopic (exact) mass is 300 g/mol. The fourth-order valence-electron chi connectivity index (χ4n) is 3.52. The van der Waals surface area contributed by atoms with Crippen LogP contribution in [0.1, 0.15) is 61.8 Å². The van der Waals surface area contributed by atoms with E-state index in [4.69, 9.17) is 4.74 Å². The fraction of sp³-hybridized carbons (Fsp3) is 0.882. The van der Waals surface area contributed by atoms with Crippen molar-refractivity contribution in [2.24, 2.45) is 28.1 Å². The summed E-state index contributed by atoms with van der Waals surface area (Å²) in [7, 11) is 1.32. The van der Waals surface area contributed by atoms with E-state index in [0.717, 1.165) is 0 Å². The van der Waals surface area contributed by atoms with Crippen molar-refractivity contribution in [2.45, 2.75) is 61.8 Å². The second-order valence-electron chi connectivity index (χ2n) is 8.91. The third kappa shape index (κ3) is 5.68. The Morgan fingerprint density at radius 1 is 0.952 bits per heavy atom. The molecule has 0 rings (SSSR count). The Labute approximate surface area is 129 Å². The SMILES string of the molecule is COC(=O)C(C(C(=O)O)C(C)(C)CC(C)(C)C)C(C)(C)C. The highest BCUT2D eigenvalue weighted by molar-refractivity contribution is 5.82. The van der Waals surface area contributed by atoms with Gasteiger partial charge in [0, 0.05) is 0 Å². The van der Waals surface area contributed by atoms with Crippen molar-refractivity contribution in [1.82, 2.24) is 0 Å². The minimum atomic E-state index is -0.936.